The molecule has 3 saturated heterocycles. The molecule has 0 aliphatic carbocycles. The van der Waals surface area contributed by atoms with Crippen LogP contribution in [0.3, 0.4) is 0 Å². The monoisotopic (exact) mass is 311 g/mol. The lowest BCUT2D eigenvalue weighted by molar-refractivity contribution is -1.06. The van der Waals surface area contributed by atoms with Crippen molar-refractivity contribution in [2.24, 2.45) is 0 Å². The van der Waals surface area contributed by atoms with Gasteiger partial charge >= 0.3 is 0 Å². The summed E-state index contributed by atoms with van der Waals surface area (Å²) >= 11 is 0. The molecule has 3 fully saturated rings. The van der Waals surface area contributed by atoms with Crippen molar-refractivity contribution in [3.8, 4) is 5.75 Å². The first-order valence-electron chi connectivity index (χ1n) is 8.39. The van der Waals surface area contributed by atoms with Crippen LogP contribution in [-0.2, 0) is 6.42 Å². The molecule has 120 valence electrons. The van der Waals surface area contributed by atoms with Crippen molar-refractivity contribution in [3.63, 3.8) is 0 Å². The highest BCUT2D eigenvalue weighted by Gasteiger charge is 2.63. The molecule has 3 aliphatic heterocycles. The third-order valence-electron chi connectivity index (χ3n) is 5.72. The number of hydrogen-bond donors (Lipinski definition) is 1. The van der Waals surface area contributed by atoms with E-state index in [1.54, 1.807) is 7.11 Å². The molecule has 23 heavy (non-hydrogen) atoms. The van der Waals surface area contributed by atoms with E-state index in [1.165, 1.54) is 34.0 Å². The Kier molecular flexibility index (Phi) is 2.94. The van der Waals surface area contributed by atoms with Gasteiger partial charge in [0.2, 0.25) is 6.29 Å². The van der Waals surface area contributed by atoms with Crippen molar-refractivity contribution in [1.82, 2.24) is 15.1 Å². The Morgan fingerprint density at radius 1 is 1.26 bits per heavy atom. The Bertz CT molecular complexity index is 758. The lowest BCUT2D eigenvalue weighted by atomic mass is 10.0. The van der Waals surface area contributed by atoms with Crippen LogP contribution in [0.1, 0.15) is 5.56 Å². The predicted molar refractivity (Wildman–Crippen MR) is 89.4 cm³/mol. The van der Waals surface area contributed by atoms with Gasteiger partial charge in [0.05, 0.1) is 27.0 Å². The van der Waals surface area contributed by atoms with Gasteiger partial charge in [-0.2, -0.15) is 4.90 Å². The number of fused-ring (bicyclic) bond motifs is 1. The smallest absolute Gasteiger partial charge is 0.214 e. The first-order chi connectivity index (χ1) is 11.3. The molecule has 3 aliphatic rings. The second-order valence-corrected chi connectivity index (χ2v) is 7.07. The van der Waals surface area contributed by atoms with E-state index in [4.69, 9.17) is 4.74 Å². The zero-order valence-electron chi connectivity index (χ0n) is 13.5. The molecular formula is C18H23N4O+. The van der Waals surface area contributed by atoms with Crippen LogP contribution in [0.25, 0.3) is 10.8 Å². The highest BCUT2D eigenvalue weighted by atomic mass is 16.5. The average molecular weight is 311 g/mol. The zero-order chi connectivity index (χ0) is 15.4. The number of hydrogen-bond acceptors (Lipinski definition) is 4. The number of ether oxygens (including phenoxy) is 1. The topological polar surface area (TPSA) is 27.7 Å². The lowest BCUT2D eigenvalue weighted by Gasteiger charge is -2.70. The van der Waals surface area contributed by atoms with E-state index in [-0.39, 0.29) is 0 Å². The van der Waals surface area contributed by atoms with Crippen molar-refractivity contribution in [2.75, 3.05) is 40.3 Å². The van der Waals surface area contributed by atoms with Gasteiger partial charge in [-0.25, -0.2) is 4.90 Å². The van der Waals surface area contributed by atoms with Crippen molar-refractivity contribution in [1.29, 1.82) is 0 Å². The average Bonchev–Trinajstić information content (AvgIpc) is 2.54. The van der Waals surface area contributed by atoms with Crippen molar-refractivity contribution in [2.45, 2.75) is 12.7 Å². The highest BCUT2D eigenvalue weighted by Crippen LogP contribution is 2.40. The molecule has 5 heteroatoms. The third-order valence-corrected chi connectivity index (χ3v) is 5.72. The largest absolute Gasteiger partial charge is 0.497 e. The van der Waals surface area contributed by atoms with Gasteiger partial charge in [0.25, 0.3) is 0 Å². The van der Waals surface area contributed by atoms with Crippen LogP contribution in [0.4, 0.5) is 0 Å². The second-order valence-electron chi connectivity index (χ2n) is 7.07. The van der Waals surface area contributed by atoms with Gasteiger partial charge in [-0.05, 0) is 28.5 Å². The molecule has 5 nitrogen and oxygen atoms in total. The van der Waals surface area contributed by atoms with E-state index >= 15 is 0 Å². The Morgan fingerprint density at radius 3 is 3.09 bits per heavy atom. The van der Waals surface area contributed by atoms with E-state index in [1.807, 2.05) is 6.07 Å². The van der Waals surface area contributed by atoms with Crippen molar-refractivity contribution in [3.05, 3.63) is 42.0 Å². The zero-order valence-corrected chi connectivity index (χ0v) is 13.5. The summed E-state index contributed by atoms with van der Waals surface area (Å²) in [6.07, 6.45) is 1.76. The first-order valence-corrected chi connectivity index (χ1v) is 8.39. The number of quaternary nitrogens is 1. The fourth-order valence-electron chi connectivity index (χ4n) is 4.61. The summed E-state index contributed by atoms with van der Waals surface area (Å²) in [5.74, 6) is 0.942. The summed E-state index contributed by atoms with van der Waals surface area (Å²) in [4.78, 5) is 5.12. The quantitative estimate of drug-likeness (QED) is 0.867. The van der Waals surface area contributed by atoms with Crippen LogP contribution < -0.4 is 10.1 Å². The second kappa shape index (κ2) is 4.92. The number of nitrogens with one attached hydrogen (secondary N) is 1. The van der Waals surface area contributed by atoms with Crippen LogP contribution in [-0.4, -0.2) is 60.9 Å². The van der Waals surface area contributed by atoms with E-state index in [2.05, 4.69) is 45.4 Å². The molecule has 0 saturated carbocycles. The Labute approximate surface area is 136 Å². The number of rotatable bonds is 4. The van der Waals surface area contributed by atoms with Crippen LogP contribution in [0.2, 0.25) is 0 Å². The minimum Gasteiger partial charge on any atom is -0.497 e. The highest BCUT2D eigenvalue weighted by molar-refractivity contribution is 5.87. The van der Waals surface area contributed by atoms with Gasteiger partial charge in [-0.3, -0.25) is 9.80 Å². The molecule has 0 spiro atoms. The van der Waals surface area contributed by atoms with Crippen LogP contribution >= 0.6 is 0 Å². The summed E-state index contributed by atoms with van der Waals surface area (Å²) in [5.41, 5.74) is 1.43. The Hall–Kier alpha value is -1.66. The van der Waals surface area contributed by atoms with E-state index in [0.29, 0.717) is 6.29 Å². The summed E-state index contributed by atoms with van der Waals surface area (Å²) in [7, 11) is 1.74. The fraction of sp³-hybridized carbons (Fsp3) is 0.444. The molecule has 0 amide bonds. The molecule has 2 aromatic rings. The van der Waals surface area contributed by atoms with E-state index < -0.39 is 0 Å². The first kappa shape index (κ1) is 13.7. The van der Waals surface area contributed by atoms with Gasteiger partial charge in [0.1, 0.15) is 19.1 Å². The molecule has 2 aromatic carbocycles. The van der Waals surface area contributed by atoms with Gasteiger partial charge < -0.3 is 4.74 Å². The number of methoxy groups -OCH3 is 1. The van der Waals surface area contributed by atoms with Crippen LogP contribution in [0.5, 0.6) is 5.75 Å². The van der Waals surface area contributed by atoms with Crippen LogP contribution in [0, 0.1) is 0 Å². The van der Waals surface area contributed by atoms with Gasteiger partial charge in [-0.1, -0.05) is 24.3 Å². The van der Waals surface area contributed by atoms with Crippen molar-refractivity contribution >= 4 is 10.8 Å². The lowest BCUT2D eigenvalue weighted by Crippen LogP contribution is -2.93. The molecule has 0 radical (unpaired) electrons. The van der Waals surface area contributed by atoms with Gasteiger partial charge in [0, 0.05) is 6.42 Å². The molecule has 1 N–H and O–H groups in total. The molecule has 0 aromatic heterocycles. The third kappa shape index (κ3) is 1.94. The van der Waals surface area contributed by atoms with Crippen molar-refractivity contribution < 1.29 is 9.22 Å². The minimum atomic E-state index is 0.640. The van der Waals surface area contributed by atoms with E-state index in [9.17, 15) is 0 Å². The predicted octanol–water partition coefficient (Wildman–Crippen LogP) is 1.56. The van der Waals surface area contributed by atoms with Gasteiger partial charge in [0.15, 0.2) is 0 Å². The maximum absolute atomic E-state index is 5.41. The maximum Gasteiger partial charge on any atom is 0.214 e. The SMILES string of the molecule is COc1ccc2cccc(CC[N+]34CNCN5CN(C3)C54)c2c1. The molecular weight excluding hydrogens is 288 g/mol. The summed E-state index contributed by atoms with van der Waals surface area (Å²) in [6.45, 7) is 5.69. The van der Waals surface area contributed by atoms with E-state index in [0.717, 1.165) is 32.2 Å². The Balaban J connectivity index is 1.41. The summed E-state index contributed by atoms with van der Waals surface area (Å²) < 4.78 is 6.59. The minimum absolute atomic E-state index is 0.640. The van der Waals surface area contributed by atoms with Crippen LogP contribution in [0.15, 0.2) is 36.4 Å². The number of nitrogens with zero attached hydrogens (tertiary/aromatic N) is 3. The molecule has 2 unspecified atom stereocenters. The summed E-state index contributed by atoms with van der Waals surface area (Å²) in [5, 5.41) is 6.22. The normalized spacial score (nSPS) is 29.7. The number of benzene rings is 2. The standard InChI is InChI=1S/C18H23N4O/c1-23-16-6-5-14-3-2-4-15(17(14)9-16)7-8-22-11-19-10-20-12-21(13-22)18(20)22/h2-6,9,18-19H,7-8,10-13H2,1H3/q+1. The molecule has 0 bridgehead atoms. The maximum atomic E-state index is 5.41. The Morgan fingerprint density at radius 2 is 2.22 bits per heavy atom. The van der Waals surface area contributed by atoms with Gasteiger partial charge in [-0.15, -0.1) is 0 Å². The summed E-state index contributed by atoms with van der Waals surface area (Å²) in [6, 6.07) is 13.0. The molecule has 5 rings (SSSR count). The molecule has 3 heterocycles. The fourth-order valence-corrected chi connectivity index (χ4v) is 4.61. The molecule has 2 atom stereocenters.